The zero-order valence-corrected chi connectivity index (χ0v) is 12.1. The van der Waals surface area contributed by atoms with Crippen LogP contribution in [0.25, 0.3) is 0 Å². The van der Waals surface area contributed by atoms with Gasteiger partial charge in [0.25, 0.3) is 0 Å². The van der Waals surface area contributed by atoms with Gasteiger partial charge >= 0.3 is 0 Å². The first kappa shape index (κ1) is 14.5. The molecule has 3 nitrogen and oxygen atoms in total. The summed E-state index contributed by atoms with van der Waals surface area (Å²) in [4.78, 5) is 2.56. The van der Waals surface area contributed by atoms with Crippen molar-refractivity contribution in [2.24, 2.45) is 11.7 Å². The van der Waals surface area contributed by atoms with Crippen LogP contribution in [0.15, 0.2) is 24.3 Å². The molecule has 0 aromatic heterocycles. The fourth-order valence-corrected chi connectivity index (χ4v) is 3.27. The summed E-state index contributed by atoms with van der Waals surface area (Å²) in [6, 6.07) is 9.26. The van der Waals surface area contributed by atoms with Crippen LogP contribution < -0.4 is 5.73 Å². The molecule has 2 unspecified atom stereocenters. The lowest BCUT2D eigenvalue weighted by molar-refractivity contribution is 0.102. The Morgan fingerprint density at radius 3 is 2.95 bits per heavy atom. The third-order valence-corrected chi connectivity index (χ3v) is 4.17. The normalized spacial score (nSPS) is 24.6. The van der Waals surface area contributed by atoms with Gasteiger partial charge in [-0.2, -0.15) is 0 Å². The van der Waals surface area contributed by atoms with Crippen molar-refractivity contribution in [1.82, 2.24) is 4.90 Å². The highest BCUT2D eigenvalue weighted by atomic mass is 16.5. The van der Waals surface area contributed by atoms with Gasteiger partial charge in [-0.05, 0) is 49.5 Å². The summed E-state index contributed by atoms with van der Waals surface area (Å²) in [6.45, 7) is 5.97. The SMILES string of the molecule is CCN1CCCC(CN)C1c1cccc(COC)c1. The number of hydrogen-bond acceptors (Lipinski definition) is 3. The second-order valence-electron chi connectivity index (χ2n) is 5.39. The van der Waals surface area contributed by atoms with E-state index in [2.05, 4.69) is 36.1 Å². The minimum Gasteiger partial charge on any atom is -0.380 e. The second kappa shape index (κ2) is 7.04. The summed E-state index contributed by atoms with van der Waals surface area (Å²) in [5, 5.41) is 0. The average molecular weight is 262 g/mol. The number of methoxy groups -OCH3 is 1. The van der Waals surface area contributed by atoms with E-state index in [1.54, 1.807) is 7.11 Å². The lowest BCUT2D eigenvalue weighted by Gasteiger charge is -2.41. The van der Waals surface area contributed by atoms with Crippen molar-refractivity contribution >= 4 is 0 Å². The summed E-state index contributed by atoms with van der Waals surface area (Å²) in [6.07, 6.45) is 2.51. The number of hydrogen-bond donors (Lipinski definition) is 1. The summed E-state index contributed by atoms with van der Waals surface area (Å²) < 4.78 is 5.24. The minimum absolute atomic E-state index is 0.473. The number of nitrogens with two attached hydrogens (primary N) is 1. The molecule has 0 radical (unpaired) electrons. The molecule has 1 saturated heterocycles. The van der Waals surface area contributed by atoms with Crippen LogP contribution in [0.5, 0.6) is 0 Å². The average Bonchev–Trinajstić information content (AvgIpc) is 2.47. The van der Waals surface area contributed by atoms with Crippen LogP contribution in [0.4, 0.5) is 0 Å². The maximum absolute atomic E-state index is 5.99. The first-order valence-electron chi connectivity index (χ1n) is 7.32. The van der Waals surface area contributed by atoms with E-state index in [4.69, 9.17) is 10.5 Å². The molecule has 1 fully saturated rings. The van der Waals surface area contributed by atoms with Gasteiger partial charge in [-0.1, -0.05) is 31.2 Å². The number of rotatable bonds is 5. The third-order valence-electron chi connectivity index (χ3n) is 4.17. The lowest BCUT2D eigenvalue weighted by atomic mass is 9.84. The highest BCUT2D eigenvalue weighted by Crippen LogP contribution is 2.35. The zero-order chi connectivity index (χ0) is 13.7. The number of piperidine rings is 1. The van der Waals surface area contributed by atoms with Crippen LogP contribution in [-0.4, -0.2) is 31.6 Å². The molecule has 2 atom stereocenters. The van der Waals surface area contributed by atoms with Crippen molar-refractivity contribution in [2.45, 2.75) is 32.4 Å². The van der Waals surface area contributed by atoms with Gasteiger partial charge in [0.1, 0.15) is 0 Å². The van der Waals surface area contributed by atoms with Gasteiger partial charge in [0.15, 0.2) is 0 Å². The fourth-order valence-electron chi connectivity index (χ4n) is 3.27. The first-order valence-corrected chi connectivity index (χ1v) is 7.32. The number of benzene rings is 1. The number of nitrogens with zero attached hydrogens (tertiary/aromatic N) is 1. The van der Waals surface area contributed by atoms with Crippen molar-refractivity contribution in [3.05, 3.63) is 35.4 Å². The van der Waals surface area contributed by atoms with Gasteiger partial charge in [-0.3, -0.25) is 4.90 Å². The van der Waals surface area contributed by atoms with Gasteiger partial charge in [0.05, 0.1) is 6.61 Å². The lowest BCUT2D eigenvalue weighted by Crippen LogP contribution is -2.41. The molecule has 0 spiro atoms. The fraction of sp³-hybridized carbons (Fsp3) is 0.625. The standard InChI is InChI=1S/C16H26N2O/c1-3-18-9-5-8-15(11-17)16(18)14-7-4-6-13(10-14)12-19-2/h4,6-7,10,15-16H,3,5,8-9,11-12,17H2,1-2H3. The van der Waals surface area contributed by atoms with Gasteiger partial charge in [-0.25, -0.2) is 0 Å². The molecule has 1 aliphatic heterocycles. The molecule has 1 aromatic rings. The zero-order valence-electron chi connectivity index (χ0n) is 12.1. The van der Waals surface area contributed by atoms with Crippen LogP contribution in [0, 0.1) is 5.92 Å². The Balaban J connectivity index is 2.26. The van der Waals surface area contributed by atoms with E-state index in [-0.39, 0.29) is 0 Å². The van der Waals surface area contributed by atoms with E-state index < -0.39 is 0 Å². The molecule has 106 valence electrons. The number of likely N-dealkylation sites (tertiary alicyclic amines) is 1. The molecule has 2 N–H and O–H groups in total. The summed E-state index contributed by atoms with van der Waals surface area (Å²) in [7, 11) is 1.74. The van der Waals surface area contributed by atoms with E-state index in [1.807, 2.05) is 0 Å². The molecular formula is C16H26N2O. The highest BCUT2D eigenvalue weighted by molar-refractivity contribution is 5.27. The Bertz CT molecular complexity index is 382. The molecule has 0 bridgehead atoms. The predicted octanol–water partition coefficient (Wildman–Crippen LogP) is 2.56. The molecule has 3 heteroatoms. The van der Waals surface area contributed by atoms with Crippen molar-refractivity contribution in [1.29, 1.82) is 0 Å². The molecule has 0 saturated carbocycles. The molecule has 19 heavy (non-hydrogen) atoms. The predicted molar refractivity (Wildman–Crippen MR) is 78.9 cm³/mol. The second-order valence-corrected chi connectivity index (χ2v) is 5.39. The smallest absolute Gasteiger partial charge is 0.0713 e. The van der Waals surface area contributed by atoms with Crippen molar-refractivity contribution < 1.29 is 4.74 Å². The maximum atomic E-state index is 5.99. The Morgan fingerprint density at radius 2 is 2.26 bits per heavy atom. The van der Waals surface area contributed by atoms with E-state index in [9.17, 15) is 0 Å². The molecular weight excluding hydrogens is 236 g/mol. The van der Waals surface area contributed by atoms with Crippen LogP contribution in [0.2, 0.25) is 0 Å². The van der Waals surface area contributed by atoms with E-state index in [0.717, 1.165) is 13.1 Å². The molecule has 1 heterocycles. The number of ether oxygens (including phenoxy) is 1. The monoisotopic (exact) mass is 262 g/mol. The molecule has 0 aliphatic carbocycles. The van der Waals surface area contributed by atoms with Crippen molar-refractivity contribution in [3.63, 3.8) is 0 Å². The Kier molecular flexibility index (Phi) is 5.37. The maximum Gasteiger partial charge on any atom is 0.0713 e. The molecule has 0 amide bonds. The Morgan fingerprint density at radius 1 is 1.42 bits per heavy atom. The first-order chi connectivity index (χ1) is 9.30. The molecule has 1 aliphatic rings. The Hall–Kier alpha value is -0.900. The van der Waals surface area contributed by atoms with Crippen LogP contribution in [0.1, 0.15) is 36.9 Å². The topological polar surface area (TPSA) is 38.5 Å². The van der Waals surface area contributed by atoms with Gasteiger partial charge in [0, 0.05) is 13.2 Å². The summed E-state index contributed by atoms with van der Waals surface area (Å²) in [5.74, 6) is 0.575. The van der Waals surface area contributed by atoms with Crippen molar-refractivity contribution in [2.75, 3.05) is 26.7 Å². The van der Waals surface area contributed by atoms with E-state index >= 15 is 0 Å². The van der Waals surface area contributed by atoms with E-state index in [1.165, 1.54) is 30.5 Å². The quantitative estimate of drug-likeness (QED) is 0.886. The van der Waals surface area contributed by atoms with Gasteiger partial charge < -0.3 is 10.5 Å². The Labute approximate surface area is 116 Å². The van der Waals surface area contributed by atoms with Crippen LogP contribution in [-0.2, 0) is 11.3 Å². The van der Waals surface area contributed by atoms with Crippen LogP contribution in [0.3, 0.4) is 0 Å². The summed E-state index contributed by atoms with van der Waals surface area (Å²) >= 11 is 0. The summed E-state index contributed by atoms with van der Waals surface area (Å²) in [5.41, 5.74) is 8.64. The van der Waals surface area contributed by atoms with Crippen LogP contribution >= 0.6 is 0 Å². The largest absolute Gasteiger partial charge is 0.380 e. The molecule has 2 rings (SSSR count). The van der Waals surface area contributed by atoms with Crippen molar-refractivity contribution in [3.8, 4) is 0 Å². The van der Waals surface area contributed by atoms with E-state index in [0.29, 0.717) is 18.6 Å². The highest BCUT2D eigenvalue weighted by Gasteiger charge is 2.30. The van der Waals surface area contributed by atoms with Gasteiger partial charge in [-0.15, -0.1) is 0 Å². The van der Waals surface area contributed by atoms with Gasteiger partial charge in [0.2, 0.25) is 0 Å². The minimum atomic E-state index is 0.473. The molecule has 1 aromatic carbocycles. The third kappa shape index (κ3) is 3.35.